The van der Waals surface area contributed by atoms with Crippen molar-refractivity contribution in [3.8, 4) is 0 Å². The third-order valence-corrected chi connectivity index (χ3v) is 2.64. The van der Waals surface area contributed by atoms with E-state index in [0.29, 0.717) is 5.56 Å². The molecule has 0 saturated carbocycles. The highest BCUT2D eigenvalue weighted by Gasteiger charge is 2.15. The van der Waals surface area contributed by atoms with Gasteiger partial charge in [-0.15, -0.1) is 0 Å². The van der Waals surface area contributed by atoms with Crippen molar-refractivity contribution >= 4 is 23.4 Å². The molecule has 18 heavy (non-hydrogen) atoms. The highest BCUT2D eigenvalue weighted by molar-refractivity contribution is 6.29. The first-order valence-corrected chi connectivity index (χ1v) is 5.96. The molecule has 3 N–H and O–H groups in total. The minimum absolute atomic E-state index is 0.156. The van der Waals surface area contributed by atoms with Crippen molar-refractivity contribution in [1.29, 1.82) is 0 Å². The minimum Gasteiger partial charge on any atom is -0.368 e. The van der Waals surface area contributed by atoms with Gasteiger partial charge in [-0.3, -0.25) is 9.59 Å². The van der Waals surface area contributed by atoms with E-state index in [4.69, 9.17) is 17.3 Å². The molecule has 1 heterocycles. The highest BCUT2D eigenvalue weighted by atomic mass is 35.5. The average Bonchev–Trinajstić information content (AvgIpc) is 2.27. The molecule has 2 amide bonds. The van der Waals surface area contributed by atoms with E-state index in [0.717, 1.165) is 5.69 Å². The molecule has 1 atom stereocenters. The van der Waals surface area contributed by atoms with Crippen molar-refractivity contribution in [2.75, 3.05) is 0 Å². The summed E-state index contributed by atoms with van der Waals surface area (Å²) >= 11 is 5.85. The van der Waals surface area contributed by atoms with Crippen molar-refractivity contribution in [2.24, 2.45) is 5.73 Å². The van der Waals surface area contributed by atoms with Gasteiger partial charge in [0.05, 0.1) is 0 Å². The molecule has 0 aliphatic carbocycles. The van der Waals surface area contributed by atoms with Crippen LogP contribution in [0.1, 0.15) is 42.7 Å². The van der Waals surface area contributed by atoms with E-state index in [1.165, 1.54) is 13.0 Å². The molecule has 0 aliphatic heterocycles. The second-order valence-corrected chi connectivity index (χ2v) is 4.74. The number of nitrogens with two attached hydrogens (primary N) is 1. The lowest BCUT2D eigenvalue weighted by Gasteiger charge is -2.12. The molecule has 1 rings (SSSR count). The van der Waals surface area contributed by atoms with Crippen molar-refractivity contribution in [2.45, 2.75) is 32.7 Å². The molecule has 1 aromatic rings. The fourth-order valence-corrected chi connectivity index (χ4v) is 1.51. The van der Waals surface area contributed by atoms with Gasteiger partial charge >= 0.3 is 0 Å². The van der Waals surface area contributed by atoms with Gasteiger partial charge in [0.25, 0.3) is 5.91 Å². The van der Waals surface area contributed by atoms with Gasteiger partial charge in [0.1, 0.15) is 11.2 Å². The van der Waals surface area contributed by atoms with E-state index < -0.39 is 17.9 Å². The molecular weight excluding hydrogens is 254 g/mol. The van der Waals surface area contributed by atoms with Crippen LogP contribution in [0.5, 0.6) is 0 Å². The Hall–Kier alpha value is -1.62. The largest absolute Gasteiger partial charge is 0.368 e. The standard InChI is InChI=1S/C12H16ClN3O2/c1-6(2)9-4-8(5-10(13)16-9)12(18)15-7(3)11(14)17/h4-7H,1-3H3,(H2,14,17)(H,15,18). The number of pyridine rings is 1. The Balaban J connectivity index is 2.95. The summed E-state index contributed by atoms with van der Waals surface area (Å²) in [7, 11) is 0. The summed E-state index contributed by atoms with van der Waals surface area (Å²) in [5.74, 6) is -0.830. The van der Waals surface area contributed by atoms with Crippen LogP contribution in [0.4, 0.5) is 0 Å². The molecule has 98 valence electrons. The monoisotopic (exact) mass is 269 g/mol. The zero-order chi connectivity index (χ0) is 13.9. The molecular formula is C12H16ClN3O2. The first-order valence-electron chi connectivity index (χ1n) is 5.59. The number of carbonyl (C=O) groups is 2. The van der Waals surface area contributed by atoms with E-state index in [1.54, 1.807) is 6.07 Å². The summed E-state index contributed by atoms with van der Waals surface area (Å²) in [6.45, 7) is 5.42. The molecule has 0 aliphatic rings. The normalized spacial score (nSPS) is 12.3. The van der Waals surface area contributed by atoms with Crippen LogP contribution in [0.3, 0.4) is 0 Å². The molecule has 0 spiro atoms. The fraction of sp³-hybridized carbons (Fsp3) is 0.417. The number of nitrogens with one attached hydrogen (secondary N) is 1. The Bertz CT molecular complexity index is 474. The maximum atomic E-state index is 11.9. The topological polar surface area (TPSA) is 85.1 Å². The predicted molar refractivity (Wildman–Crippen MR) is 69.5 cm³/mol. The van der Waals surface area contributed by atoms with Crippen LogP contribution in [0.15, 0.2) is 12.1 Å². The van der Waals surface area contributed by atoms with Crippen LogP contribution in [0, 0.1) is 0 Å². The zero-order valence-corrected chi connectivity index (χ0v) is 11.3. The maximum absolute atomic E-state index is 11.9. The molecule has 6 heteroatoms. The fourth-order valence-electron chi connectivity index (χ4n) is 1.30. The van der Waals surface area contributed by atoms with Gasteiger partial charge in [-0.1, -0.05) is 25.4 Å². The molecule has 0 saturated heterocycles. The van der Waals surface area contributed by atoms with Gasteiger partial charge < -0.3 is 11.1 Å². The van der Waals surface area contributed by atoms with Crippen molar-refractivity contribution in [3.05, 3.63) is 28.5 Å². The number of aromatic nitrogens is 1. The van der Waals surface area contributed by atoms with E-state index >= 15 is 0 Å². The number of nitrogens with zero attached hydrogens (tertiary/aromatic N) is 1. The van der Waals surface area contributed by atoms with Gasteiger partial charge in [0.2, 0.25) is 5.91 Å². The number of hydrogen-bond acceptors (Lipinski definition) is 3. The van der Waals surface area contributed by atoms with E-state index in [2.05, 4.69) is 10.3 Å². The first-order chi connectivity index (χ1) is 8.31. The van der Waals surface area contributed by atoms with Gasteiger partial charge in [-0.25, -0.2) is 4.98 Å². The second kappa shape index (κ2) is 5.82. The number of halogens is 1. The molecule has 5 nitrogen and oxygen atoms in total. The number of primary amides is 1. The van der Waals surface area contributed by atoms with Crippen LogP contribution < -0.4 is 11.1 Å². The Morgan fingerprint density at radius 1 is 1.33 bits per heavy atom. The van der Waals surface area contributed by atoms with Crippen molar-refractivity contribution in [1.82, 2.24) is 10.3 Å². The van der Waals surface area contributed by atoms with Crippen LogP contribution in [-0.4, -0.2) is 22.8 Å². The summed E-state index contributed by atoms with van der Waals surface area (Å²) in [5, 5.41) is 2.74. The van der Waals surface area contributed by atoms with Crippen LogP contribution >= 0.6 is 11.6 Å². The predicted octanol–water partition coefficient (Wildman–Crippen LogP) is 1.46. The molecule has 0 fully saturated rings. The Labute approximate surface area is 111 Å². The van der Waals surface area contributed by atoms with Crippen molar-refractivity contribution < 1.29 is 9.59 Å². The third kappa shape index (κ3) is 3.70. The SMILES string of the molecule is CC(NC(=O)c1cc(Cl)nc(C(C)C)c1)C(N)=O. The van der Waals surface area contributed by atoms with Gasteiger partial charge in [-0.2, -0.15) is 0 Å². The lowest BCUT2D eigenvalue weighted by molar-refractivity contribution is -0.119. The highest BCUT2D eigenvalue weighted by Crippen LogP contribution is 2.17. The second-order valence-electron chi connectivity index (χ2n) is 4.36. The average molecular weight is 270 g/mol. The van der Waals surface area contributed by atoms with Crippen LogP contribution in [-0.2, 0) is 4.79 Å². The van der Waals surface area contributed by atoms with Crippen LogP contribution in [0.25, 0.3) is 0 Å². The minimum atomic E-state index is -0.730. The number of carbonyl (C=O) groups excluding carboxylic acids is 2. The number of amides is 2. The van der Waals surface area contributed by atoms with E-state index in [-0.39, 0.29) is 11.1 Å². The Morgan fingerprint density at radius 3 is 2.44 bits per heavy atom. The Kier molecular flexibility index (Phi) is 4.67. The summed E-state index contributed by atoms with van der Waals surface area (Å²) in [4.78, 5) is 26.9. The lowest BCUT2D eigenvalue weighted by atomic mass is 10.1. The molecule has 0 radical (unpaired) electrons. The number of hydrogen-bond donors (Lipinski definition) is 2. The van der Waals surface area contributed by atoms with E-state index in [9.17, 15) is 9.59 Å². The summed E-state index contributed by atoms with van der Waals surface area (Å²) < 4.78 is 0. The summed E-state index contributed by atoms with van der Waals surface area (Å²) in [6, 6.07) is 2.38. The summed E-state index contributed by atoms with van der Waals surface area (Å²) in [5.41, 5.74) is 6.17. The first kappa shape index (κ1) is 14.4. The van der Waals surface area contributed by atoms with Crippen LogP contribution in [0.2, 0.25) is 5.15 Å². The lowest BCUT2D eigenvalue weighted by Crippen LogP contribution is -2.42. The molecule has 0 aromatic carbocycles. The van der Waals surface area contributed by atoms with Crippen molar-refractivity contribution in [3.63, 3.8) is 0 Å². The molecule has 1 aromatic heterocycles. The van der Waals surface area contributed by atoms with Gasteiger partial charge in [0.15, 0.2) is 0 Å². The number of rotatable bonds is 4. The maximum Gasteiger partial charge on any atom is 0.252 e. The Morgan fingerprint density at radius 2 is 1.94 bits per heavy atom. The quantitative estimate of drug-likeness (QED) is 0.812. The van der Waals surface area contributed by atoms with E-state index in [1.807, 2.05) is 13.8 Å². The smallest absolute Gasteiger partial charge is 0.252 e. The van der Waals surface area contributed by atoms with Gasteiger partial charge in [0, 0.05) is 11.3 Å². The zero-order valence-electron chi connectivity index (χ0n) is 10.5. The van der Waals surface area contributed by atoms with Gasteiger partial charge in [-0.05, 0) is 25.0 Å². The molecule has 1 unspecified atom stereocenters. The third-order valence-electron chi connectivity index (χ3n) is 2.44. The summed E-state index contributed by atoms with van der Waals surface area (Å²) in [6.07, 6.45) is 0. The molecule has 0 bridgehead atoms.